The highest BCUT2D eigenvalue weighted by atomic mass is 32.2. The van der Waals surface area contributed by atoms with Crippen molar-refractivity contribution in [2.75, 3.05) is 6.26 Å². The van der Waals surface area contributed by atoms with Crippen LogP contribution in [0.2, 0.25) is 0 Å². The SMILES string of the molecule is CSc1c(C=O)sc2cc(O)ccc12. The molecule has 14 heavy (non-hydrogen) atoms. The van der Waals surface area contributed by atoms with Crippen molar-refractivity contribution in [3.8, 4) is 5.75 Å². The van der Waals surface area contributed by atoms with Crippen molar-refractivity contribution in [1.82, 2.24) is 0 Å². The van der Waals surface area contributed by atoms with Crippen LogP contribution >= 0.6 is 23.1 Å². The topological polar surface area (TPSA) is 37.3 Å². The van der Waals surface area contributed by atoms with E-state index in [0.717, 1.165) is 26.1 Å². The average Bonchev–Trinajstić information content (AvgIpc) is 2.54. The number of aromatic hydroxyl groups is 1. The highest BCUT2D eigenvalue weighted by Gasteiger charge is 2.10. The molecule has 1 aromatic carbocycles. The second-order valence-corrected chi connectivity index (χ2v) is 4.70. The minimum Gasteiger partial charge on any atom is -0.508 e. The lowest BCUT2D eigenvalue weighted by atomic mass is 10.2. The Kier molecular flexibility index (Phi) is 2.48. The summed E-state index contributed by atoms with van der Waals surface area (Å²) in [5, 5.41) is 10.3. The number of hydrogen-bond donors (Lipinski definition) is 1. The Hall–Kier alpha value is -1.00. The van der Waals surface area contributed by atoms with Crippen LogP contribution in [-0.2, 0) is 0 Å². The summed E-state index contributed by atoms with van der Waals surface area (Å²) in [6, 6.07) is 5.18. The Morgan fingerprint density at radius 1 is 1.50 bits per heavy atom. The first-order valence-electron chi connectivity index (χ1n) is 4.01. The highest BCUT2D eigenvalue weighted by Crippen LogP contribution is 2.37. The number of phenolic OH excluding ortho intramolecular Hbond substituents is 1. The molecule has 0 spiro atoms. The van der Waals surface area contributed by atoms with Gasteiger partial charge in [0.2, 0.25) is 0 Å². The van der Waals surface area contributed by atoms with Crippen LogP contribution in [0.1, 0.15) is 9.67 Å². The molecule has 0 atom stereocenters. The van der Waals surface area contributed by atoms with Gasteiger partial charge in [-0.3, -0.25) is 4.79 Å². The largest absolute Gasteiger partial charge is 0.508 e. The van der Waals surface area contributed by atoms with Crippen LogP contribution in [0.3, 0.4) is 0 Å². The Labute approximate surface area is 89.6 Å². The van der Waals surface area contributed by atoms with Crippen molar-refractivity contribution in [2.45, 2.75) is 4.90 Å². The van der Waals surface area contributed by atoms with E-state index in [1.54, 1.807) is 23.9 Å². The number of fused-ring (bicyclic) bond motifs is 1. The van der Waals surface area contributed by atoms with Gasteiger partial charge in [0.15, 0.2) is 6.29 Å². The maximum absolute atomic E-state index is 10.8. The summed E-state index contributed by atoms with van der Waals surface area (Å²) in [6.07, 6.45) is 2.81. The summed E-state index contributed by atoms with van der Waals surface area (Å²) in [4.78, 5) is 12.5. The van der Waals surface area contributed by atoms with Crippen LogP contribution in [0.4, 0.5) is 0 Å². The molecule has 0 saturated heterocycles. The van der Waals surface area contributed by atoms with Gasteiger partial charge in [-0.15, -0.1) is 23.1 Å². The second-order valence-electron chi connectivity index (χ2n) is 2.80. The predicted molar refractivity (Wildman–Crippen MR) is 60.7 cm³/mol. The van der Waals surface area contributed by atoms with Crippen LogP contribution < -0.4 is 0 Å². The molecule has 1 heterocycles. The Morgan fingerprint density at radius 3 is 2.93 bits per heavy atom. The lowest BCUT2D eigenvalue weighted by molar-refractivity contribution is 0.112. The molecule has 0 aliphatic carbocycles. The van der Waals surface area contributed by atoms with Gasteiger partial charge < -0.3 is 5.11 Å². The number of phenols is 1. The molecule has 2 nitrogen and oxygen atoms in total. The van der Waals surface area contributed by atoms with Crippen molar-refractivity contribution in [3.63, 3.8) is 0 Å². The van der Waals surface area contributed by atoms with E-state index in [1.165, 1.54) is 11.3 Å². The zero-order valence-electron chi connectivity index (χ0n) is 7.48. The first-order chi connectivity index (χ1) is 6.76. The number of benzene rings is 1. The standard InChI is InChI=1S/C10H8O2S2/c1-13-10-7-3-2-6(12)4-8(7)14-9(10)5-11/h2-5,12H,1H3. The average molecular weight is 224 g/mol. The van der Waals surface area contributed by atoms with Gasteiger partial charge in [0.1, 0.15) is 5.75 Å². The Morgan fingerprint density at radius 2 is 2.29 bits per heavy atom. The van der Waals surface area contributed by atoms with E-state index in [0.29, 0.717) is 0 Å². The first-order valence-corrected chi connectivity index (χ1v) is 6.05. The zero-order valence-corrected chi connectivity index (χ0v) is 9.11. The molecular formula is C10H8O2S2. The molecule has 0 radical (unpaired) electrons. The Bertz CT molecular complexity index is 488. The third kappa shape index (κ3) is 1.40. The number of carbonyl (C=O) groups excluding carboxylic acids is 1. The third-order valence-electron chi connectivity index (χ3n) is 1.96. The smallest absolute Gasteiger partial charge is 0.161 e. The van der Waals surface area contributed by atoms with Gasteiger partial charge >= 0.3 is 0 Å². The number of thioether (sulfide) groups is 1. The van der Waals surface area contributed by atoms with Gasteiger partial charge in [0.05, 0.1) is 4.88 Å². The number of hydrogen-bond acceptors (Lipinski definition) is 4. The fraction of sp³-hybridized carbons (Fsp3) is 0.100. The zero-order chi connectivity index (χ0) is 10.1. The van der Waals surface area contributed by atoms with Crippen LogP contribution in [0.15, 0.2) is 23.1 Å². The molecule has 2 rings (SSSR count). The highest BCUT2D eigenvalue weighted by molar-refractivity contribution is 7.99. The van der Waals surface area contributed by atoms with E-state index >= 15 is 0 Å². The van der Waals surface area contributed by atoms with E-state index in [4.69, 9.17) is 0 Å². The lowest BCUT2D eigenvalue weighted by Gasteiger charge is -1.94. The van der Waals surface area contributed by atoms with Crippen molar-refractivity contribution in [2.24, 2.45) is 0 Å². The molecule has 0 bridgehead atoms. The van der Waals surface area contributed by atoms with E-state index in [2.05, 4.69) is 0 Å². The van der Waals surface area contributed by atoms with Crippen LogP contribution in [0.25, 0.3) is 10.1 Å². The van der Waals surface area contributed by atoms with Gasteiger partial charge in [0.25, 0.3) is 0 Å². The molecule has 0 saturated carbocycles. The molecule has 0 fully saturated rings. The van der Waals surface area contributed by atoms with Crippen molar-refractivity contribution in [1.29, 1.82) is 0 Å². The summed E-state index contributed by atoms with van der Waals surface area (Å²) < 4.78 is 0.955. The molecule has 2 aromatic rings. The maximum Gasteiger partial charge on any atom is 0.161 e. The van der Waals surface area contributed by atoms with Gasteiger partial charge in [-0.1, -0.05) is 0 Å². The number of rotatable bonds is 2. The van der Waals surface area contributed by atoms with Crippen molar-refractivity contribution < 1.29 is 9.90 Å². The predicted octanol–water partition coefficient (Wildman–Crippen LogP) is 3.14. The molecule has 4 heteroatoms. The monoisotopic (exact) mass is 224 g/mol. The van der Waals surface area contributed by atoms with Crippen LogP contribution in [-0.4, -0.2) is 17.6 Å². The fourth-order valence-corrected chi connectivity index (χ4v) is 3.40. The molecule has 0 amide bonds. The summed E-state index contributed by atoms with van der Waals surface area (Å²) in [5.74, 6) is 0.240. The summed E-state index contributed by atoms with van der Waals surface area (Å²) in [5.41, 5.74) is 0. The van der Waals surface area contributed by atoms with E-state index < -0.39 is 0 Å². The van der Waals surface area contributed by atoms with Gasteiger partial charge in [0, 0.05) is 15.0 Å². The quantitative estimate of drug-likeness (QED) is 0.629. The van der Waals surface area contributed by atoms with E-state index in [-0.39, 0.29) is 5.75 Å². The van der Waals surface area contributed by atoms with E-state index in [9.17, 15) is 9.90 Å². The second kappa shape index (κ2) is 3.63. The molecule has 1 N–H and O–H groups in total. The number of carbonyl (C=O) groups is 1. The molecular weight excluding hydrogens is 216 g/mol. The van der Waals surface area contributed by atoms with Crippen molar-refractivity contribution >= 4 is 39.5 Å². The molecule has 0 aliphatic rings. The minimum atomic E-state index is 0.240. The molecule has 72 valence electrons. The van der Waals surface area contributed by atoms with Crippen LogP contribution in [0.5, 0.6) is 5.75 Å². The summed E-state index contributed by atoms with van der Waals surface area (Å²) >= 11 is 2.97. The fourth-order valence-electron chi connectivity index (χ4n) is 1.37. The molecule has 0 aliphatic heterocycles. The summed E-state index contributed by atoms with van der Waals surface area (Å²) in [7, 11) is 0. The minimum absolute atomic E-state index is 0.240. The van der Waals surface area contributed by atoms with Gasteiger partial charge in [-0.2, -0.15) is 0 Å². The van der Waals surface area contributed by atoms with E-state index in [1.807, 2.05) is 12.3 Å². The maximum atomic E-state index is 10.8. The lowest BCUT2D eigenvalue weighted by Crippen LogP contribution is -1.74. The van der Waals surface area contributed by atoms with Crippen LogP contribution in [0, 0.1) is 0 Å². The van der Waals surface area contributed by atoms with Gasteiger partial charge in [-0.05, 0) is 24.5 Å². The van der Waals surface area contributed by atoms with Gasteiger partial charge in [-0.25, -0.2) is 0 Å². The first kappa shape index (κ1) is 9.55. The normalized spacial score (nSPS) is 10.6. The Balaban J connectivity index is 2.79. The molecule has 1 aromatic heterocycles. The molecule has 0 unspecified atom stereocenters. The number of aldehydes is 1. The number of thiophene rings is 1. The summed E-state index contributed by atoms with van der Waals surface area (Å²) in [6.45, 7) is 0. The third-order valence-corrected chi connectivity index (χ3v) is 4.02. The van der Waals surface area contributed by atoms with Crippen molar-refractivity contribution in [3.05, 3.63) is 23.1 Å².